The Bertz CT molecular complexity index is 838. The van der Waals surface area contributed by atoms with E-state index in [0.29, 0.717) is 18.1 Å². The van der Waals surface area contributed by atoms with Crippen molar-refractivity contribution in [2.24, 2.45) is 0 Å². The Morgan fingerprint density at radius 1 is 1.07 bits per heavy atom. The number of nitrogens with zero attached hydrogens (tertiary/aromatic N) is 2. The van der Waals surface area contributed by atoms with Gasteiger partial charge in [0.1, 0.15) is 5.60 Å². The number of piperazine rings is 1. The molecule has 0 aliphatic carbocycles. The van der Waals surface area contributed by atoms with E-state index in [1.807, 2.05) is 45.0 Å². The van der Waals surface area contributed by atoms with Crippen molar-refractivity contribution in [2.75, 3.05) is 26.2 Å². The summed E-state index contributed by atoms with van der Waals surface area (Å²) in [5, 5.41) is 10.6. The lowest BCUT2D eigenvalue weighted by Gasteiger charge is -2.35. The van der Waals surface area contributed by atoms with Crippen molar-refractivity contribution in [3.63, 3.8) is 0 Å². The van der Waals surface area contributed by atoms with E-state index >= 15 is 0 Å². The van der Waals surface area contributed by atoms with Crippen LogP contribution in [-0.2, 0) is 17.9 Å². The van der Waals surface area contributed by atoms with Crippen molar-refractivity contribution in [2.45, 2.75) is 39.5 Å². The van der Waals surface area contributed by atoms with E-state index in [0.717, 1.165) is 41.9 Å². The molecule has 5 nitrogen and oxygen atoms in total. The van der Waals surface area contributed by atoms with Crippen molar-refractivity contribution < 1.29 is 14.6 Å². The maximum absolute atomic E-state index is 12.2. The summed E-state index contributed by atoms with van der Waals surface area (Å²) in [7, 11) is 0. The predicted molar refractivity (Wildman–Crippen MR) is 116 cm³/mol. The number of aliphatic hydroxyl groups excluding tert-OH is 1. The van der Waals surface area contributed by atoms with Crippen molar-refractivity contribution in [1.82, 2.24) is 9.80 Å². The molecule has 156 valence electrons. The smallest absolute Gasteiger partial charge is 0.410 e. The van der Waals surface area contributed by atoms with Crippen molar-refractivity contribution in [3.8, 4) is 11.1 Å². The van der Waals surface area contributed by atoms with Gasteiger partial charge in [-0.05, 0) is 55.2 Å². The van der Waals surface area contributed by atoms with Crippen LogP contribution in [0, 0.1) is 0 Å². The van der Waals surface area contributed by atoms with E-state index in [-0.39, 0.29) is 12.7 Å². The molecule has 2 aromatic rings. The van der Waals surface area contributed by atoms with Crippen LogP contribution < -0.4 is 0 Å². The zero-order valence-electron chi connectivity index (χ0n) is 17.3. The van der Waals surface area contributed by atoms with Gasteiger partial charge in [-0.1, -0.05) is 41.9 Å². The number of benzene rings is 2. The molecule has 1 aliphatic heterocycles. The van der Waals surface area contributed by atoms with E-state index < -0.39 is 5.60 Å². The van der Waals surface area contributed by atoms with Gasteiger partial charge in [0.05, 0.1) is 6.61 Å². The first-order chi connectivity index (χ1) is 13.7. The topological polar surface area (TPSA) is 53.0 Å². The van der Waals surface area contributed by atoms with Crippen LogP contribution >= 0.6 is 11.6 Å². The maximum atomic E-state index is 12.2. The van der Waals surface area contributed by atoms with E-state index in [4.69, 9.17) is 16.3 Å². The van der Waals surface area contributed by atoms with E-state index in [2.05, 4.69) is 23.1 Å². The molecule has 0 radical (unpaired) electrons. The highest BCUT2D eigenvalue weighted by Crippen LogP contribution is 2.27. The van der Waals surface area contributed by atoms with Crippen LogP contribution in [0.15, 0.2) is 42.5 Å². The quantitative estimate of drug-likeness (QED) is 0.794. The number of aliphatic hydroxyl groups is 1. The molecule has 0 spiro atoms. The van der Waals surface area contributed by atoms with Crippen molar-refractivity contribution >= 4 is 17.7 Å². The van der Waals surface area contributed by atoms with Gasteiger partial charge in [0.25, 0.3) is 0 Å². The number of ether oxygens (including phenoxy) is 1. The van der Waals surface area contributed by atoms with Crippen LogP contribution in [0.1, 0.15) is 31.9 Å². The molecule has 1 aliphatic rings. The number of hydrogen-bond acceptors (Lipinski definition) is 4. The van der Waals surface area contributed by atoms with Crippen molar-refractivity contribution in [1.29, 1.82) is 0 Å². The fourth-order valence-corrected chi connectivity index (χ4v) is 3.59. The van der Waals surface area contributed by atoms with E-state index in [9.17, 15) is 9.90 Å². The molecule has 1 N–H and O–H groups in total. The average molecular weight is 417 g/mol. The summed E-state index contributed by atoms with van der Waals surface area (Å²) >= 11 is 5.98. The molecule has 1 heterocycles. The number of carbonyl (C=O) groups excluding carboxylic acids is 1. The molecule has 0 unspecified atom stereocenters. The first-order valence-electron chi connectivity index (χ1n) is 9.94. The minimum absolute atomic E-state index is 0.0157. The second kappa shape index (κ2) is 9.16. The highest BCUT2D eigenvalue weighted by atomic mass is 35.5. The summed E-state index contributed by atoms with van der Waals surface area (Å²) in [6, 6.07) is 13.9. The summed E-state index contributed by atoms with van der Waals surface area (Å²) in [5.74, 6) is 0. The van der Waals surface area contributed by atoms with Crippen LogP contribution in [0.25, 0.3) is 11.1 Å². The molecule has 1 amide bonds. The number of hydrogen-bond donors (Lipinski definition) is 1. The lowest BCUT2D eigenvalue weighted by molar-refractivity contribution is 0.0139. The second-order valence-corrected chi connectivity index (χ2v) is 8.84. The van der Waals surface area contributed by atoms with Gasteiger partial charge in [-0.15, -0.1) is 0 Å². The van der Waals surface area contributed by atoms with Crippen LogP contribution in [-0.4, -0.2) is 52.8 Å². The Labute approximate surface area is 177 Å². The van der Waals surface area contributed by atoms with Gasteiger partial charge < -0.3 is 14.7 Å². The second-order valence-electron chi connectivity index (χ2n) is 8.40. The van der Waals surface area contributed by atoms with E-state index in [1.165, 1.54) is 0 Å². The van der Waals surface area contributed by atoms with Crippen LogP contribution in [0.5, 0.6) is 0 Å². The Kier molecular flexibility index (Phi) is 6.83. The Balaban J connectivity index is 1.61. The molecular formula is C23H29ClN2O3. The van der Waals surface area contributed by atoms with Crippen molar-refractivity contribution in [3.05, 3.63) is 58.6 Å². The molecule has 1 saturated heterocycles. The molecule has 29 heavy (non-hydrogen) atoms. The zero-order chi connectivity index (χ0) is 21.0. The van der Waals surface area contributed by atoms with Gasteiger partial charge in [0, 0.05) is 37.7 Å². The SMILES string of the molecule is CC(C)(C)OC(=O)N1CCN(Cc2ccc(-c3ccc(Cl)cc3)c(CO)c2)CC1. The number of rotatable bonds is 4. The number of amides is 1. The van der Waals surface area contributed by atoms with Crippen LogP contribution in [0.4, 0.5) is 4.79 Å². The van der Waals surface area contributed by atoms with Gasteiger partial charge in [-0.25, -0.2) is 4.79 Å². The Hall–Kier alpha value is -2.08. The lowest BCUT2D eigenvalue weighted by Crippen LogP contribution is -2.49. The minimum atomic E-state index is -0.471. The summed E-state index contributed by atoms with van der Waals surface area (Å²) in [6.07, 6.45) is -0.243. The number of carbonyl (C=O) groups is 1. The summed E-state index contributed by atoms with van der Waals surface area (Å²) < 4.78 is 5.46. The van der Waals surface area contributed by atoms with Gasteiger partial charge in [-0.3, -0.25) is 4.90 Å². The standard InChI is InChI=1S/C23H29ClN2O3/c1-23(2,3)29-22(28)26-12-10-25(11-13-26)15-17-4-9-21(19(14-17)16-27)18-5-7-20(24)8-6-18/h4-9,14,27H,10-13,15-16H2,1-3H3. The Morgan fingerprint density at radius 3 is 2.31 bits per heavy atom. The third-order valence-electron chi connectivity index (χ3n) is 4.93. The Morgan fingerprint density at radius 2 is 1.72 bits per heavy atom. The highest BCUT2D eigenvalue weighted by molar-refractivity contribution is 6.30. The van der Waals surface area contributed by atoms with Gasteiger partial charge >= 0.3 is 6.09 Å². The first-order valence-corrected chi connectivity index (χ1v) is 10.3. The van der Waals surface area contributed by atoms with Crippen LogP contribution in [0.2, 0.25) is 5.02 Å². The molecule has 1 fully saturated rings. The molecule has 3 rings (SSSR count). The number of halogens is 1. The van der Waals surface area contributed by atoms with E-state index in [1.54, 1.807) is 4.90 Å². The lowest BCUT2D eigenvalue weighted by atomic mass is 9.97. The summed E-state index contributed by atoms with van der Waals surface area (Å²) in [6.45, 7) is 9.33. The van der Waals surface area contributed by atoms with Crippen LogP contribution in [0.3, 0.4) is 0 Å². The monoisotopic (exact) mass is 416 g/mol. The predicted octanol–water partition coefficient (Wildman–Crippen LogP) is 4.55. The molecular weight excluding hydrogens is 388 g/mol. The molecule has 2 aromatic carbocycles. The summed E-state index contributed by atoms with van der Waals surface area (Å²) in [4.78, 5) is 16.3. The van der Waals surface area contributed by atoms with Gasteiger partial charge in [-0.2, -0.15) is 0 Å². The third-order valence-corrected chi connectivity index (χ3v) is 5.18. The normalized spacial score (nSPS) is 15.4. The highest BCUT2D eigenvalue weighted by Gasteiger charge is 2.25. The first kappa shape index (κ1) is 21.6. The van der Waals surface area contributed by atoms with Gasteiger partial charge in [0.15, 0.2) is 0 Å². The molecule has 0 atom stereocenters. The fourth-order valence-electron chi connectivity index (χ4n) is 3.46. The fraction of sp³-hybridized carbons (Fsp3) is 0.435. The minimum Gasteiger partial charge on any atom is -0.444 e. The molecule has 0 bridgehead atoms. The molecule has 0 saturated carbocycles. The zero-order valence-corrected chi connectivity index (χ0v) is 18.1. The van der Waals surface area contributed by atoms with Gasteiger partial charge in [0.2, 0.25) is 0 Å². The molecule has 0 aromatic heterocycles. The average Bonchev–Trinajstić information content (AvgIpc) is 2.68. The maximum Gasteiger partial charge on any atom is 0.410 e. The summed E-state index contributed by atoms with van der Waals surface area (Å²) in [5.41, 5.74) is 3.63. The largest absolute Gasteiger partial charge is 0.444 e. The third kappa shape index (κ3) is 5.95. The molecule has 6 heteroatoms.